The van der Waals surface area contributed by atoms with Crippen LogP contribution in [-0.2, 0) is 10.0 Å². The maximum Gasteiger partial charge on any atom is 0.305 e. The van der Waals surface area contributed by atoms with Gasteiger partial charge in [0.05, 0.1) is 0 Å². The van der Waals surface area contributed by atoms with E-state index >= 15 is 0 Å². The van der Waals surface area contributed by atoms with Crippen molar-refractivity contribution in [3.8, 4) is 0 Å². The second-order valence-electron chi connectivity index (χ2n) is 4.81. The van der Waals surface area contributed by atoms with Gasteiger partial charge >= 0.3 is 4.87 Å². The van der Waals surface area contributed by atoms with Crippen molar-refractivity contribution in [3.63, 3.8) is 0 Å². The van der Waals surface area contributed by atoms with E-state index in [9.17, 15) is 13.2 Å². The Morgan fingerprint density at radius 3 is 2.84 bits per heavy atom. The van der Waals surface area contributed by atoms with Crippen molar-refractivity contribution in [1.82, 2.24) is 9.29 Å². The molecule has 108 valence electrons. The largest absolute Gasteiger partial charge is 0.396 e. The Balaban J connectivity index is 2.24. The smallest absolute Gasteiger partial charge is 0.305 e. The molecule has 19 heavy (non-hydrogen) atoms. The van der Waals surface area contributed by atoms with Gasteiger partial charge in [-0.15, -0.1) is 0 Å². The molecule has 2 rings (SSSR count). The fourth-order valence-corrected chi connectivity index (χ4v) is 5.41. The summed E-state index contributed by atoms with van der Waals surface area (Å²) in [5.74, 6) is 0.199. The summed E-state index contributed by atoms with van der Waals surface area (Å²) in [6, 6.07) is 0. The van der Waals surface area contributed by atoms with Gasteiger partial charge in [0.1, 0.15) is 0 Å². The topological polar surface area (TPSA) is 90.5 Å². The van der Waals surface area contributed by atoms with Gasteiger partial charge in [0.2, 0.25) is 0 Å². The van der Waals surface area contributed by atoms with Crippen LogP contribution in [0.1, 0.15) is 25.0 Å². The predicted molar refractivity (Wildman–Crippen MR) is 72.9 cm³/mol. The molecule has 0 radical (unpaired) electrons. The maximum atomic E-state index is 12.5. The van der Waals surface area contributed by atoms with Crippen molar-refractivity contribution in [2.75, 3.05) is 19.7 Å². The van der Waals surface area contributed by atoms with Crippen LogP contribution in [-0.4, -0.2) is 42.5 Å². The number of aromatic amines is 1. The SMILES string of the molecule is Cc1[nH]c(=O)sc1S(=O)(=O)N1CCCC(CCO)C1. The van der Waals surface area contributed by atoms with Crippen molar-refractivity contribution < 1.29 is 13.5 Å². The third kappa shape index (κ3) is 3.07. The van der Waals surface area contributed by atoms with E-state index < -0.39 is 10.0 Å². The number of nitrogens with zero attached hydrogens (tertiary/aromatic N) is 1. The van der Waals surface area contributed by atoms with Gasteiger partial charge in [-0.05, 0) is 32.1 Å². The first-order valence-electron chi connectivity index (χ1n) is 6.26. The molecule has 1 fully saturated rings. The zero-order valence-electron chi connectivity index (χ0n) is 10.8. The monoisotopic (exact) mass is 306 g/mol. The van der Waals surface area contributed by atoms with Crippen LogP contribution in [0, 0.1) is 12.8 Å². The molecule has 0 aliphatic carbocycles. The highest BCUT2D eigenvalue weighted by Gasteiger charge is 2.32. The van der Waals surface area contributed by atoms with Gasteiger partial charge in [0.25, 0.3) is 10.0 Å². The minimum absolute atomic E-state index is 0.0784. The first-order chi connectivity index (χ1) is 8.95. The summed E-state index contributed by atoms with van der Waals surface area (Å²) in [5.41, 5.74) is 0.402. The molecular weight excluding hydrogens is 288 g/mol. The molecule has 1 unspecified atom stereocenters. The van der Waals surface area contributed by atoms with Crippen LogP contribution >= 0.6 is 11.3 Å². The average Bonchev–Trinajstić information content (AvgIpc) is 2.70. The van der Waals surface area contributed by atoms with Crippen LogP contribution in [0.25, 0.3) is 0 Å². The normalized spacial score (nSPS) is 21.7. The Morgan fingerprint density at radius 2 is 2.26 bits per heavy atom. The third-order valence-corrected chi connectivity index (χ3v) is 6.82. The number of thiazole rings is 1. The number of H-pyrrole nitrogens is 1. The summed E-state index contributed by atoms with van der Waals surface area (Å²) in [7, 11) is -3.58. The summed E-state index contributed by atoms with van der Waals surface area (Å²) in [4.78, 5) is 13.4. The number of aliphatic hydroxyl groups excluding tert-OH is 1. The van der Waals surface area contributed by atoms with Crippen LogP contribution in [0.5, 0.6) is 0 Å². The fraction of sp³-hybridized carbons (Fsp3) is 0.727. The fourth-order valence-electron chi connectivity index (χ4n) is 2.42. The van der Waals surface area contributed by atoms with Crippen LogP contribution in [0.2, 0.25) is 0 Å². The molecule has 8 heteroatoms. The maximum absolute atomic E-state index is 12.5. The Kier molecular flexibility index (Phi) is 4.44. The number of rotatable bonds is 4. The first kappa shape index (κ1) is 14.7. The first-order valence-corrected chi connectivity index (χ1v) is 8.51. The minimum atomic E-state index is -3.58. The number of hydrogen-bond donors (Lipinski definition) is 2. The number of nitrogens with one attached hydrogen (secondary N) is 1. The molecule has 1 saturated heterocycles. The van der Waals surface area contributed by atoms with Gasteiger partial charge in [-0.1, -0.05) is 11.3 Å². The van der Waals surface area contributed by atoms with Crippen molar-refractivity contribution >= 4 is 21.4 Å². The number of aryl methyl sites for hydroxylation is 1. The van der Waals surface area contributed by atoms with Crippen LogP contribution < -0.4 is 4.87 Å². The van der Waals surface area contributed by atoms with Gasteiger partial charge in [-0.2, -0.15) is 4.31 Å². The van der Waals surface area contributed by atoms with E-state index in [-0.39, 0.29) is 21.6 Å². The standard InChI is InChI=1S/C11H18N2O4S2/c1-8-10(18-11(15)12-8)19(16,17)13-5-2-3-9(7-13)4-6-14/h9,14H,2-7H2,1H3,(H,12,15). The molecule has 1 aromatic heterocycles. The van der Waals surface area contributed by atoms with Gasteiger partial charge in [-0.3, -0.25) is 4.79 Å². The molecule has 2 N–H and O–H groups in total. The molecule has 2 heterocycles. The van der Waals surface area contributed by atoms with E-state index in [1.807, 2.05) is 0 Å². The predicted octanol–water partition coefficient (Wildman–Crippen LogP) is 0.528. The summed E-state index contributed by atoms with van der Waals surface area (Å²) < 4.78 is 26.5. The number of sulfonamides is 1. The van der Waals surface area contributed by atoms with Crippen molar-refractivity contribution in [2.24, 2.45) is 5.92 Å². The summed E-state index contributed by atoms with van der Waals surface area (Å²) in [6.07, 6.45) is 2.35. The van der Waals surface area contributed by atoms with E-state index in [2.05, 4.69) is 4.98 Å². The van der Waals surface area contributed by atoms with E-state index in [0.29, 0.717) is 25.2 Å². The Labute approximate surface area is 116 Å². The van der Waals surface area contributed by atoms with Crippen LogP contribution in [0.3, 0.4) is 0 Å². The summed E-state index contributed by atoms with van der Waals surface area (Å²) >= 11 is 0.739. The highest BCUT2D eigenvalue weighted by atomic mass is 32.2. The van der Waals surface area contributed by atoms with E-state index in [0.717, 1.165) is 24.2 Å². The molecule has 1 aliphatic rings. The second kappa shape index (κ2) is 5.74. The quantitative estimate of drug-likeness (QED) is 0.849. The second-order valence-corrected chi connectivity index (χ2v) is 7.93. The molecule has 1 atom stereocenters. The van der Waals surface area contributed by atoms with Gasteiger partial charge < -0.3 is 10.1 Å². The summed E-state index contributed by atoms with van der Waals surface area (Å²) in [6.45, 7) is 2.58. The van der Waals surface area contributed by atoms with Gasteiger partial charge in [0, 0.05) is 25.4 Å². The van der Waals surface area contributed by atoms with E-state index in [1.54, 1.807) is 6.92 Å². The molecular formula is C11H18N2O4S2. The molecule has 0 aromatic carbocycles. The molecule has 1 aliphatic heterocycles. The van der Waals surface area contributed by atoms with Crippen LogP contribution in [0.4, 0.5) is 0 Å². The highest BCUT2D eigenvalue weighted by molar-refractivity contribution is 7.91. The van der Waals surface area contributed by atoms with E-state index in [4.69, 9.17) is 5.11 Å². The third-order valence-electron chi connectivity index (χ3n) is 3.37. The van der Waals surface area contributed by atoms with Gasteiger partial charge in [0.15, 0.2) is 4.21 Å². The zero-order valence-corrected chi connectivity index (χ0v) is 12.4. The Morgan fingerprint density at radius 1 is 1.53 bits per heavy atom. The molecule has 0 amide bonds. The van der Waals surface area contributed by atoms with E-state index in [1.165, 1.54) is 4.31 Å². The lowest BCUT2D eigenvalue weighted by Gasteiger charge is -2.31. The Bertz CT molecular complexity index is 588. The lowest BCUT2D eigenvalue weighted by molar-refractivity contribution is 0.203. The van der Waals surface area contributed by atoms with Crippen molar-refractivity contribution in [2.45, 2.75) is 30.4 Å². The average molecular weight is 306 g/mol. The van der Waals surface area contributed by atoms with Crippen LogP contribution in [0.15, 0.2) is 9.00 Å². The minimum Gasteiger partial charge on any atom is -0.396 e. The molecule has 0 saturated carbocycles. The molecule has 0 bridgehead atoms. The number of aliphatic hydroxyl groups is 1. The lowest BCUT2D eigenvalue weighted by atomic mass is 9.97. The number of aromatic nitrogens is 1. The van der Waals surface area contributed by atoms with Gasteiger partial charge in [-0.25, -0.2) is 8.42 Å². The molecule has 0 spiro atoms. The Hall–Kier alpha value is -0.700. The highest BCUT2D eigenvalue weighted by Crippen LogP contribution is 2.27. The van der Waals surface area contributed by atoms with Crippen molar-refractivity contribution in [3.05, 3.63) is 15.4 Å². The number of hydrogen-bond acceptors (Lipinski definition) is 5. The summed E-state index contributed by atoms with van der Waals surface area (Å²) in [5, 5.41) is 8.96. The zero-order chi connectivity index (χ0) is 14.0. The molecule has 1 aromatic rings. The molecule has 6 nitrogen and oxygen atoms in total. The van der Waals surface area contributed by atoms with Crippen molar-refractivity contribution in [1.29, 1.82) is 0 Å². The lowest BCUT2D eigenvalue weighted by Crippen LogP contribution is -2.40. The number of piperidine rings is 1.